The zero-order valence-electron chi connectivity index (χ0n) is 46.5. The summed E-state index contributed by atoms with van der Waals surface area (Å²) in [6.07, 6.45) is 0. The number of rotatable bonds is 10. The molecule has 0 N–H and O–H groups in total. The van der Waals surface area contributed by atoms with Crippen LogP contribution in [-0.2, 0) is 9.13 Å². The summed E-state index contributed by atoms with van der Waals surface area (Å²) in [4.78, 5) is 0. The third-order valence-electron chi connectivity index (χ3n) is 17.5. The molecule has 0 spiro atoms. The van der Waals surface area contributed by atoms with Gasteiger partial charge in [0, 0.05) is 21.5 Å². The molecule has 2 aliphatic rings. The van der Waals surface area contributed by atoms with Gasteiger partial charge >= 0.3 is 14.9 Å². The minimum Gasteiger partial charge on any atom is -0.270 e. The first-order valence-corrected chi connectivity index (χ1v) is 32.3. The molecule has 0 amide bonds. The molecule has 0 bridgehead atoms. The van der Waals surface area contributed by atoms with Gasteiger partial charge in [-0.3, -0.25) is 27.1 Å². The van der Waals surface area contributed by atoms with Crippen LogP contribution in [0.25, 0.3) is 110 Å². The Morgan fingerprint density at radius 1 is 0.221 bits per heavy atom. The largest absolute Gasteiger partial charge is 0.301 e. The van der Waals surface area contributed by atoms with Crippen LogP contribution in [0.15, 0.2) is 315 Å². The van der Waals surface area contributed by atoms with E-state index < -0.39 is 14.9 Å². The van der Waals surface area contributed by atoms with E-state index in [1.165, 1.54) is 0 Å². The average Bonchev–Trinajstić information content (AvgIpc) is 1.55. The predicted molar refractivity (Wildman–Crippen MR) is 360 cm³/mol. The molecule has 0 saturated heterocycles. The molecule has 86 heavy (non-hydrogen) atoms. The van der Waals surface area contributed by atoms with Gasteiger partial charge in [0.15, 0.2) is 0 Å². The third-order valence-corrected chi connectivity index (χ3v) is 23.2. The van der Waals surface area contributed by atoms with Gasteiger partial charge in [0.05, 0.1) is 55.4 Å². The fourth-order valence-electron chi connectivity index (χ4n) is 13.6. The number of hydrogen-bond donors (Lipinski definition) is 0. The van der Waals surface area contributed by atoms with Crippen molar-refractivity contribution in [1.29, 1.82) is 0 Å². The molecule has 0 aliphatic carbocycles. The number of anilines is 4. The van der Waals surface area contributed by atoms with Crippen molar-refractivity contribution >= 4 is 91.9 Å². The van der Waals surface area contributed by atoms with E-state index in [-0.39, 0.29) is 0 Å². The van der Waals surface area contributed by atoms with Crippen molar-refractivity contribution in [2.45, 2.75) is 0 Å². The van der Waals surface area contributed by atoms with Crippen molar-refractivity contribution in [3.63, 3.8) is 0 Å². The van der Waals surface area contributed by atoms with Gasteiger partial charge in [-0.25, -0.2) is 0 Å². The van der Waals surface area contributed by atoms with Crippen LogP contribution in [0.1, 0.15) is 0 Å². The Bertz CT molecular complexity index is 4850. The van der Waals surface area contributed by atoms with Gasteiger partial charge < -0.3 is 0 Å². The van der Waals surface area contributed by atoms with E-state index in [0.717, 1.165) is 133 Å². The molecule has 13 aromatic carbocycles. The van der Waals surface area contributed by atoms with E-state index in [2.05, 4.69) is 297 Å². The summed E-state index contributed by atoms with van der Waals surface area (Å²) in [7, 11) is -7.97. The van der Waals surface area contributed by atoms with Crippen molar-refractivity contribution in [3.8, 4) is 66.8 Å². The van der Waals surface area contributed by atoms with Gasteiger partial charge in [0.25, 0.3) is 0 Å². The standard InChI is InChI=1S/C78H52N4O2P2/c83-85(67-47-61(55-27-11-3-12-28-55)43-62(48-67)56-29-13-4-14-30-56)79(65-37-19-35-59(45-65)53-23-7-1-8-24-53)73-41-21-39-69-71-52-76-72(51-75(71)81(85)77(69)73)70-40-22-42-74-78(70)82(76)86(84,80(74)66-38-20-36-60(46-66)54-25-9-2-10-26-54)68-49-63(57-31-15-5-16-32-57)44-64(50-68)58-33-17-6-18-34-58/h1-52H. The molecule has 4 heterocycles. The zero-order valence-corrected chi connectivity index (χ0v) is 48.3. The second kappa shape index (κ2) is 19.6. The zero-order chi connectivity index (χ0) is 57.1. The second-order valence-electron chi connectivity index (χ2n) is 22.4. The minimum absolute atomic E-state index is 0.703. The predicted octanol–water partition coefficient (Wildman–Crippen LogP) is 20.9. The van der Waals surface area contributed by atoms with Crippen LogP contribution in [0.5, 0.6) is 0 Å². The average molecular weight is 1140 g/mol. The highest BCUT2D eigenvalue weighted by atomic mass is 31.2. The number of hydrogen-bond acceptors (Lipinski definition) is 2. The Labute approximate surface area is 498 Å². The second-order valence-corrected chi connectivity index (χ2v) is 27.2. The number of benzene rings is 13. The van der Waals surface area contributed by atoms with E-state index in [1.807, 2.05) is 36.4 Å². The van der Waals surface area contributed by atoms with Crippen LogP contribution >= 0.6 is 14.9 Å². The number of para-hydroxylation sites is 2. The van der Waals surface area contributed by atoms with Crippen molar-refractivity contribution in [2.24, 2.45) is 0 Å². The fourth-order valence-corrected chi connectivity index (χ4v) is 19.8. The number of fused-ring (bicyclic) bond motifs is 6. The Morgan fingerprint density at radius 2 is 0.500 bits per heavy atom. The lowest BCUT2D eigenvalue weighted by molar-refractivity contribution is 0.577. The van der Waals surface area contributed by atoms with E-state index in [0.29, 0.717) is 10.6 Å². The Kier molecular flexibility index (Phi) is 11.4. The molecule has 2 atom stereocenters. The van der Waals surface area contributed by atoms with Gasteiger partial charge in [-0.1, -0.05) is 231 Å². The molecule has 2 aromatic heterocycles. The molecule has 17 rings (SSSR count). The van der Waals surface area contributed by atoms with E-state index in [1.54, 1.807) is 0 Å². The molecule has 2 aliphatic heterocycles. The van der Waals surface area contributed by atoms with E-state index in [9.17, 15) is 0 Å². The van der Waals surface area contributed by atoms with Crippen LogP contribution in [0.2, 0.25) is 0 Å². The maximum absolute atomic E-state index is 18.2. The summed E-state index contributed by atoms with van der Waals surface area (Å²) in [5, 5.41) is 5.17. The van der Waals surface area contributed by atoms with Crippen LogP contribution in [-0.4, -0.2) is 8.68 Å². The molecular formula is C78H52N4O2P2. The number of nitrogens with zero attached hydrogens (tertiary/aromatic N) is 4. The van der Waals surface area contributed by atoms with E-state index in [4.69, 9.17) is 0 Å². The van der Waals surface area contributed by atoms with Gasteiger partial charge in [-0.15, -0.1) is 0 Å². The van der Waals surface area contributed by atoms with Crippen molar-refractivity contribution < 1.29 is 9.13 Å². The first-order valence-electron chi connectivity index (χ1n) is 29.1. The first kappa shape index (κ1) is 50.1. The summed E-state index contributed by atoms with van der Waals surface area (Å²) in [6.45, 7) is 0. The lowest BCUT2D eigenvalue weighted by Gasteiger charge is -2.31. The van der Waals surface area contributed by atoms with Crippen LogP contribution in [0.4, 0.5) is 22.7 Å². The number of aromatic nitrogens is 2. The van der Waals surface area contributed by atoms with E-state index >= 15 is 9.13 Å². The summed E-state index contributed by atoms with van der Waals surface area (Å²) >= 11 is 0. The highest BCUT2D eigenvalue weighted by Crippen LogP contribution is 2.69. The Balaban J connectivity index is 0.966. The van der Waals surface area contributed by atoms with Crippen molar-refractivity contribution in [2.75, 3.05) is 9.34 Å². The fraction of sp³-hybridized carbons (Fsp3) is 0. The lowest BCUT2D eigenvalue weighted by atomic mass is 9.99. The maximum atomic E-state index is 18.2. The summed E-state index contributed by atoms with van der Waals surface area (Å²) < 4.78 is 44.9. The molecule has 406 valence electrons. The highest BCUT2D eigenvalue weighted by Gasteiger charge is 2.49. The third kappa shape index (κ3) is 7.60. The van der Waals surface area contributed by atoms with Crippen LogP contribution in [0.3, 0.4) is 0 Å². The van der Waals surface area contributed by atoms with Gasteiger partial charge in [-0.05, 0) is 152 Å². The molecule has 0 radical (unpaired) electrons. The SMILES string of the molecule is O=P1(c2cc(-c3ccccc3)cc(-c3ccccc3)c2)N(c2cccc(-c3ccccc3)c2)c2cccc3c4cc5c(cc4n1c23)c1cccc2c1n5P(=O)(c1cc(-c3ccccc3)cc(-c3ccccc3)c1)N2c1cccc(-c2ccccc2)c1. The lowest BCUT2D eigenvalue weighted by Crippen LogP contribution is -2.23. The Morgan fingerprint density at radius 3 is 0.814 bits per heavy atom. The molecule has 2 unspecified atom stereocenters. The minimum atomic E-state index is -3.99. The molecule has 0 fully saturated rings. The van der Waals surface area contributed by atoms with Crippen LogP contribution < -0.4 is 19.9 Å². The molecule has 8 heteroatoms. The summed E-state index contributed by atoms with van der Waals surface area (Å²) in [6, 6.07) is 110. The Hall–Kier alpha value is -10.5. The molecule has 6 nitrogen and oxygen atoms in total. The molecule has 0 saturated carbocycles. The maximum Gasteiger partial charge on any atom is 0.301 e. The van der Waals surface area contributed by atoms with Crippen molar-refractivity contribution in [1.82, 2.24) is 8.68 Å². The van der Waals surface area contributed by atoms with Gasteiger partial charge in [0.2, 0.25) is 0 Å². The monoisotopic (exact) mass is 1140 g/mol. The highest BCUT2D eigenvalue weighted by molar-refractivity contribution is 7.73. The smallest absolute Gasteiger partial charge is 0.270 e. The topological polar surface area (TPSA) is 50.5 Å². The summed E-state index contributed by atoms with van der Waals surface area (Å²) in [5.74, 6) is 0. The normalized spacial score (nSPS) is 16.0. The van der Waals surface area contributed by atoms with Gasteiger partial charge in [0.1, 0.15) is 0 Å². The molecule has 15 aromatic rings. The summed E-state index contributed by atoms with van der Waals surface area (Å²) in [5.41, 5.74) is 19.0. The van der Waals surface area contributed by atoms with Gasteiger partial charge in [-0.2, -0.15) is 0 Å². The molecular weight excluding hydrogens is 1090 g/mol. The van der Waals surface area contributed by atoms with Crippen LogP contribution in [0, 0.1) is 0 Å². The van der Waals surface area contributed by atoms with Crippen molar-refractivity contribution in [3.05, 3.63) is 315 Å². The first-order chi connectivity index (χ1) is 42.4. The quantitative estimate of drug-likeness (QED) is 0.128.